The SMILES string of the molecule is CCO[Si](OCC)(OCC)C1CCCC(N)C1. The minimum Gasteiger partial charge on any atom is -0.374 e. The normalized spacial score (nSPS) is 26.1. The van der Waals surface area contributed by atoms with Crippen LogP contribution < -0.4 is 5.73 Å². The summed E-state index contributed by atoms with van der Waals surface area (Å²) in [6.07, 6.45) is 4.38. The molecule has 1 fully saturated rings. The van der Waals surface area contributed by atoms with E-state index in [1.165, 1.54) is 0 Å². The molecule has 0 aliphatic heterocycles. The van der Waals surface area contributed by atoms with Gasteiger partial charge in [-0.3, -0.25) is 0 Å². The molecule has 0 radical (unpaired) electrons. The molecule has 2 unspecified atom stereocenters. The van der Waals surface area contributed by atoms with E-state index >= 15 is 0 Å². The summed E-state index contributed by atoms with van der Waals surface area (Å²) in [6.45, 7) is 7.96. The summed E-state index contributed by atoms with van der Waals surface area (Å²) in [4.78, 5) is 0. The Bertz CT molecular complexity index is 199. The molecule has 1 aliphatic rings. The molecule has 4 nitrogen and oxygen atoms in total. The third-order valence-corrected chi connectivity index (χ3v) is 6.85. The first-order valence-electron chi connectivity index (χ1n) is 6.85. The highest BCUT2D eigenvalue weighted by atomic mass is 28.4. The van der Waals surface area contributed by atoms with E-state index in [0.717, 1.165) is 25.7 Å². The molecule has 0 aromatic carbocycles. The fourth-order valence-electron chi connectivity index (χ4n) is 2.63. The van der Waals surface area contributed by atoms with Crippen LogP contribution in [0.5, 0.6) is 0 Å². The first kappa shape index (κ1) is 15.1. The van der Waals surface area contributed by atoms with Crippen molar-refractivity contribution in [2.24, 2.45) is 5.73 Å². The Morgan fingerprint density at radius 3 is 1.94 bits per heavy atom. The van der Waals surface area contributed by atoms with Gasteiger partial charge in [-0.2, -0.15) is 0 Å². The van der Waals surface area contributed by atoms with Crippen LogP contribution in [0.2, 0.25) is 5.54 Å². The van der Waals surface area contributed by atoms with Crippen LogP contribution in [0, 0.1) is 0 Å². The molecule has 1 saturated carbocycles. The van der Waals surface area contributed by atoms with Crippen LogP contribution in [0.3, 0.4) is 0 Å². The average Bonchev–Trinajstić information content (AvgIpc) is 2.30. The van der Waals surface area contributed by atoms with Gasteiger partial charge in [0.25, 0.3) is 0 Å². The summed E-state index contributed by atoms with van der Waals surface area (Å²) in [5.41, 5.74) is 6.45. The van der Waals surface area contributed by atoms with Crippen molar-refractivity contribution >= 4 is 8.80 Å². The lowest BCUT2D eigenvalue weighted by atomic mass is 9.96. The number of hydrogen-bond donors (Lipinski definition) is 1. The van der Waals surface area contributed by atoms with Crippen molar-refractivity contribution in [2.45, 2.75) is 58.0 Å². The number of nitrogens with two attached hydrogens (primary N) is 1. The van der Waals surface area contributed by atoms with E-state index in [9.17, 15) is 0 Å². The van der Waals surface area contributed by atoms with E-state index in [2.05, 4.69) is 0 Å². The number of hydrogen-bond acceptors (Lipinski definition) is 4. The highest BCUT2D eigenvalue weighted by Crippen LogP contribution is 2.38. The minimum absolute atomic E-state index is 0.280. The van der Waals surface area contributed by atoms with Crippen LogP contribution in [-0.2, 0) is 13.3 Å². The van der Waals surface area contributed by atoms with Crippen LogP contribution in [0.15, 0.2) is 0 Å². The van der Waals surface area contributed by atoms with Gasteiger partial charge in [-0.15, -0.1) is 0 Å². The molecule has 17 heavy (non-hydrogen) atoms. The Kier molecular flexibility index (Phi) is 6.65. The standard InChI is InChI=1S/C12H27NO3Si/c1-4-14-17(15-5-2,16-6-3)12-9-7-8-11(13)10-12/h11-12H,4-10,13H2,1-3H3. The quantitative estimate of drug-likeness (QED) is 0.715. The molecule has 0 bridgehead atoms. The lowest BCUT2D eigenvalue weighted by Gasteiger charge is -2.38. The lowest BCUT2D eigenvalue weighted by Crippen LogP contribution is -2.52. The first-order chi connectivity index (χ1) is 8.18. The van der Waals surface area contributed by atoms with Gasteiger partial charge in [0, 0.05) is 31.4 Å². The maximum atomic E-state index is 6.07. The van der Waals surface area contributed by atoms with Crippen LogP contribution in [0.1, 0.15) is 46.5 Å². The molecule has 0 amide bonds. The molecule has 102 valence electrons. The molecule has 0 heterocycles. The van der Waals surface area contributed by atoms with Crippen LogP contribution in [0.25, 0.3) is 0 Å². The van der Waals surface area contributed by atoms with E-state index in [0.29, 0.717) is 25.4 Å². The zero-order valence-electron chi connectivity index (χ0n) is 11.4. The van der Waals surface area contributed by atoms with Gasteiger partial charge in [0.05, 0.1) is 0 Å². The zero-order chi connectivity index (χ0) is 12.7. The minimum atomic E-state index is -2.52. The van der Waals surface area contributed by atoms with E-state index in [1.54, 1.807) is 0 Å². The summed E-state index contributed by atoms with van der Waals surface area (Å²) < 4.78 is 17.8. The summed E-state index contributed by atoms with van der Waals surface area (Å²) in [5, 5.41) is 0. The maximum absolute atomic E-state index is 6.07. The Labute approximate surface area is 106 Å². The third-order valence-electron chi connectivity index (χ3n) is 3.25. The molecular weight excluding hydrogens is 234 g/mol. The molecule has 0 spiro atoms. The van der Waals surface area contributed by atoms with Crippen LogP contribution in [0.4, 0.5) is 0 Å². The van der Waals surface area contributed by atoms with Gasteiger partial charge >= 0.3 is 8.80 Å². The molecule has 1 rings (SSSR count). The third kappa shape index (κ3) is 4.03. The molecule has 2 N–H and O–H groups in total. The molecule has 2 atom stereocenters. The molecular formula is C12H27NO3Si. The Balaban J connectivity index is 2.76. The van der Waals surface area contributed by atoms with Crippen molar-refractivity contribution in [3.8, 4) is 0 Å². The fourth-order valence-corrected chi connectivity index (χ4v) is 5.94. The van der Waals surface area contributed by atoms with Crippen LogP contribution >= 0.6 is 0 Å². The fraction of sp³-hybridized carbons (Fsp3) is 1.00. The second-order valence-corrected chi connectivity index (χ2v) is 7.42. The molecule has 0 aromatic heterocycles. The van der Waals surface area contributed by atoms with E-state index in [-0.39, 0.29) is 6.04 Å². The second kappa shape index (κ2) is 7.48. The summed E-state index contributed by atoms with van der Waals surface area (Å²) >= 11 is 0. The molecule has 5 heteroatoms. The Morgan fingerprint density at radius 2 is 1.53 bits per heavy atom. The lowest BCUT2D eigenvalue weighted by molar-refractivity contribution is 0.0551. The Morgan fingerprint density at radius 1 is 1.00 bits per heavy atom. The predicted octanol–water partition coefficient (Wildman–Crippen LogP) is 2.31. The predicted molar refractivity (Wildman–Crippen MR) is 70.8 cm³/mol. The highest BCUT2D eigenvalue weighted by molar-refractivity contribution is 6.62. The van der Waals surface area contributed by atoms with E-state index in [1.807, 2.05) is 20.8 Å². The molecule has 0 aromatic rings. The van der Waals surface area contributed by atoms with Gasteiger partial charge < -0.3 is 19.0 Å². The van der Waals surface area contributed by atoms with Gasteiger partial charge in [-0.05, 0) is 40.0 Å². The van der Waals surface area contributed by atoms with E-state index < -0.39 is 8.80 Å². The van der Waals surface area contributed by atoms with Gasteiger partial charge in [-0.25, -0.2) is 0 Å². The van der Waals surface area contributed by atoms with Gasteiger partial charge in [0.15, 0.2) is 0 Å². The molecule has 0 saturated heterocycles. The first-order valence-corrected chi connectivity index (χ1v) is 8.66. The zero-order valence-corrected chi connectivity index (χ0v) is 12.4. The topological polar surface area (TPSA) is 53.7 Å². The van der Waals surface area contributed by atoms with Gasteiger partial charge in [-0.1, -0.05) is 6.42 Å². The van der Waals surface area contributed by atoms with Crippen molar-refractivity contribution < 1.29 is 13.3 Å². The second-order valence-electron chi connectivity index (χ2n) is 4.53. The van der Waals surface area contributed by atoms with Crippen LogP contribution in [-0.4, -0.2) is 34.7 Å². The largest absolute Gasteiger partial charge is 0.504 e. The number of rotatable bonds is 7. The van der Waals surface area contributed by atoms with Crippen molar-refractivity contribution in [2.75, 3.05) is 19.8 Å². The van der Waals surface area contributed by atoms with E-state index in [4.69, 9.17) is 19.0 Å². The Hall–Kier alpha value is 0.0569. The van der Waals surface area contributed by atoms with Crippen molar-refractivity contribution in [3.05, 3.63) is 0 Å². The monoisotopic (exact) mass is 261 g/mol. The van der Waals surface area contributed by atoms with Crippen molar-refractivity contribution in [1.82, 2.24) is 0 Å². The summed E-state index contributed by atoms with van der Waals surface area (Å²) in [6, 6.07) is 0.280. The molecule has 1 aliphatic carbocycles. The van der Waals surface area contributed by atoms with Crippen molar-refractivity contribution in [3.63, 3.8) is 0 Å². The maximum Gasteiger partial charge on any atom is 0.504 e. The summed E-state index contributed by atoms with van der Waals surface area (Å²) in [7, 11) is -2.52. The van der Waals surface area contributed by atoms with Gasteiger partial charge in [0.2, 0.25) is 0 Å². The van der Waals surface area contributed by atoms with Crippen molar-refractivity contribution in [1.29, 1.82) is 0 Å². The smallest absolute Gasteiger partial charge is 0.374 e. The van der Waals surface area contributed by atoms with Gasteiger partial charge in [0.1, 0.15) is 0 Å². The summed E-state index contributed by atoms with van der Waals surface area (Å²) in [5.74, 6) is 0. The average molecular weight is 261 g/mol. The highest BCUT2D eigenvalue weighted by Gasteiger charge is 2.50.